The van der Waals surface area contributed by atoms with E-state index >= 15 is 0 Å². The summed E-state index contributed by atoms with van der Waals surface area (Å²) in [4.78, 5) is 17.9. The van der Waals surface area contributed by atoms with Gasteiger partial charge in [-0.15, -0.1) is 0 Å². The number of hydrogen-bond donors (Lipinski definition) is 0. The van der Waals surface area contributed by atoms with Crippen molar-refractivity contribution in [3.63, 3.8) is 0 Å². The highest BCUT2D eigenvalue weighted by molar-refractivity contribution is 7.99. The normalized spacial score (nSPS) is 14.8. The molecule has 0 amide bonds. The highest BCUT2D eigenvalue weighted by Gasteiger charge is 2.51. The van der Waals surface area contributed by atoms with Crippen LogP contribution in [0, 0.1) is 11.3 Å². The van der Waals surface area contributed by atoms with Crippen molar-refractivity contribution in [3.8, 4) is 62.5 Å². The summed E-state index contributed by atoms with van der Waals surface area (Å²) in [6, 6.07) is 66.2. The highest BCUT2D eigenvalue weighted by atomic mass is 32.2. The van der Waals surface area contributed by atoms with Crippen LogP contribution in [0.2, 0.25) is 0 Å². The molecule has 0 radical (unpaired) electrons. The molecular formula is C51H30N4S. The molecule has 2 heterocycles. The maximum atomic E-state index is 10.0. The number of nitriles is 1. The maximum absolute atomic E-state index is 10.0. The van der Waals surface area contributed by atoms with Crippen LogP contribution < -0.4 is 0 Å². The standard InChI is InChI=1S/C51H30N4S/c52-31-34-29-30-37(36-20-8-7-19-35(34)36)38-22-13-27-44-47(38)56-45-28-12-11-25-42(45)51(44)41-24-10-9-21-39(41)46-40(23-14-26-43(46)51)50-54-48(32-15-3-1-4-16-32)53-49(55-50)33-17-5-2-6-18-33/h1-30H. The fourth-order valence-electron chi connectivity index (χ4n) is 8.93. The van der Waals surface area contributed by atoms with E-state index in [1.807, 2.05) is 60.3 Å². The Hall–Kier alpha value is -7.13. The SMILES string of the molecule is N#Cc1ccc(-c2cccc3c2Sc2ccccc2C32c3ccccc3-c3c(-c4nc(-c5ccccc5)nc(-c5ccccc5)n4)cccc32)c2ccccc12. The molecule has 0 fully saturated rings. The van der Waals surface area contributed by atoms with Crippen molar-refractivity contribution >= 4 is 22.5 Å². The first-order valence-electron chi connectivity index (χ1n) is 18.7. The van der Waals surface area contributed by atoms with E-state index in [4.69, 9.17) is 15.0 Å². The van der Waals surface area contributed by atoms with E-state index < -0.39 is 5.41 Å². The van der Waals surface area contributed by atoms with Crippen LogP contribution in [0.1, 0.15) is 27.8 Å². The summed E-state index contributed by atoms with van der Waals surface area (Å²) in [5, 5.41) is 12.0. The Balaban J connectivity index is 1.21. The Labute approximate surface area is 328 Å². The number of rotatable bonds is 4. The summed E-state index contributed by atoms with van der Waals surface area (Å²) >= 11 is 1.83. The molecule has 56 heavy (non-hydrogen) atoms. The largest absolute Gasteiger partial charge is 0.208 e. The van der Waals surface area contributed by atoms with Crippen molar-refractivity contribution in [2.75, 3.05) is 0 Å². The van der Waals surface area contributed by atoms with Gasteiger partial charge >= 0.3 is 0 Å². The number of aromatic nitrogens is 3. The second-order valence-electron chi connectivity index (χ2n) is 14.2. The average Bonchev–Trinajstić information content (AvgIpc) is 3.57. The Morgan fingerprint density at radius 1 is 0.411 bits per heavy atom. The van der Waals surface area contributed by atoms with E-state index in [0.717, 1.165) is 44.2 Å². The van der Waals surface area contributed by atoms with E-state index in [0.29, 0.717) is 23.0 Å². The lowest BCUT2D eigenvalue weighted by Gasteiger charge is -2.40. The molecule has 1 atom stereocenters. The highest BCUT2D eigenvalue weighted by Crippen LogP contribution is 2.64. The molecule has 1 unspecified atom stereocenters. The van der Waals surface area contributed by atoms with Gasteiger partial charge in [0.2, 0.25) is 0 Å². The molecule has 5 heteroatoms. The molecular weight excluding hydrogens is 701 g/mol. The van der Waals surface area contributed by atoms with Crippen LogP contribution in [0.4, 0.5) is 0 Å². The zero-order valence-electron chi connectivity index (χ0n) is 30.0. The van der Waals surface area contributed by atoms with Crippen LogP contribution in [-0.4, -0.2) is 15.0 Å². The van der Waals surface area contributed by atoms with Gasteiger partial charge in [-0.05, 0) is 62.0 Å². The fourth-order valence-corrected chi connectivity index (χ4v) is 10.2. The second-order valence-corrected chi connectivity index (χ2v) is 15.2. The Bertz CT molecular complexity index is 3020. The third kappa shape index (κ3) is 4.70. The van der Waals surface area contributed by atoms with Gasteiger partial charge in [0, 0.05) is 31.9 Å². The molecule has 0 saturated carbocycles. The lowest BCUT2D eigenvalue weighted by atomic mass is 9.67. The molecule has 1 aliphatic heterocycles. The lowest BCUT2D eigenvalue weighted by molar-refractivity contribution is 0.723. The van der Waals surface area contributed by atoms with Crippen molar-refractivity contribution in [1.29, 1.82) is 5.26 Å². The molecule has 2 aliphatic rings. The number of benzene rings is 8. The smallest absolute Gasteiger partial charge is 0.164 e. The van der Waals surface area contributed by atoms with E-state index in [1.165, 1.54) is 37.6 Å². The number of hydrogen-bond acceptors (Lipinski definition) is 5. The summed E-state index contributed by atoms with van der Waals surface area (Å²) < 4.78 is 0. The minimum absolute atomic E-state index is 0.616. The molecule has 0 bridgehead atoms. The molecule has 8 aromatic carbocycles. The van der Waals surface area contributed by atoms with Crippen molar-refractivity contribution in [2.45, 2.75) is 15.2 Å². The maximum Gasteiger partial charge on any atom is 0.164 e. The average molecular weight is 731 g/mol. The molecule has 260 valence electrons. The molecule has 0 N–H and O–H groups in total. The summed E-state index contributed by atoms with van der Waals surface area (Å²) in [5.41, 5.74) is 12.4. The van der Waals surface area contributed by atoms with Gasteiger partial charge in [0.25, 0.3) is 0 Å². The number of fused-ring (bicyclic) bond motifs is 10. The van der Waals surface area contributed by atoms with Crippen LogP contribution in [-0.2, 0) is 5.41 Å². The molecule has 1 aromatic heterocycles. The van der Waals surface area contributed by atoms with Crippen molar-refractivity contribution in [1.82, 2.24) is 15.0 Å². The first-order valence-corrected chi connectivity index (χ1v) is 19.5. The van der Waals surface area contributed by atoms with Gasteiger partial charge in [-0.25, -0.2) is 15.0 Å². The van der Waals surface area contributed by atoms with Crippen LogP contribution in [0.3, 0.4) is 0 Å². The van der Waals surface area contributed by atoms with Gasteiger partial charge in [0.15, 0.2) is 17.5 Å². The minimum Gasteiger partial charge on any atom is -0.208 e. The van der Waals surface area contributed by atoms with Crippen LogP contribution in [0.15, 0.2) is 192 Å². The zero-order chi connectivity index (χ0) is 37.2. The monoisotopic (exact) mass is 730 g/mol. The van der Waals surface area contributed by atoms with E-state index in [2.05, 4.69) is 140 Å². The van der Waals surface area contributed by atoms with Gasteiger partial charge < -0.3 is 0 Å². The lowest BCUT2D eigenvalue weighted by Crippen LogP contribution is -2.32. The van der Waals surface area contributed by atoms with Crippen molar-refractivity contribution < 1.29 is 0 Å². The molecule has 1 spiro atoms. The summed E-state index contributed by atoms with van der Waals surface area (Å²) in [6.45, 7) is 0. The summed E-state index contributed by atoms with van der Waals surface area (Å²) in [6.07, 6.45) is 0. The topological polar surface area (TPSA) is 62.5 Å². The molecule has 1 aliphatic carbocycles. The van der Waals surface area contributed by atoms with Crippen molar-refractivity contribution in [3.05, 3.63) is 210 Å². The Morgan fingerprint density at radius 2 is 0.964 bits per heavy atom. The minimum atomic E-state index is -0.616. The first kappa shape index (κ1) is 32.3. The van der Waals surface area contributed by atoms with E-state index in [-0.39, 0.29) is 0 Å². The van der Waals surface area contributed by atoms with Crippen molar-refractivity contribution in [2.24, 2.45) is 0 Å². The Morgan fingerprint density at radius 3 is 1.70 bits per heavy atom. The van der Waals surface area contributed by atoms with Gasteiger partial charge in [-0.1, -0.05) is 182 Å². The summed E-state index contributed by atoms with van der Waals surface area (Å²) in [7, 11) is 0. The molecule has 11 rings (SSSR count). The Kier molecular flexibility index (Phi) is 7.35. The predicted molar refractivity (Wildman–Crippen MR) is 225 cm³/mol. The van der Waals surface area contributed by atoms with Crippen LogP contribution in [0.5, 0.6) is 0 Å². The second kappa shape index (κ2) is 12.7. The quantitative estimate of drug-likeness (QED) is 0.180. The molecule has 9 aromatic rings. The van der Waals surface area contributed by atoms with Gasteiger partial charge in [0.1, 0.15) is 0 Å². The molecule has 0 saturated heterocycles. The van der Waals surface area contributed by atoms with Gasteiger partial charge in [-0.3, -0.25) is 0 Å². The van der Waals surface area contributed by atoms with Crippen LogP contribution >= 0.6 is 11.8 Å². The predicted octanol–water partition coefficient (Wildman–Crippen LogP) is 12.4. The van der Waals surface area contributed by atoms with Crippen LogP contribution in [0.25, 0.3) is 67.2 Å². The fraction of sp³-hybridized carbons (Fsp3) is 0.0196. The van der Waals surface area contributed by atoms with Gasteiger partial charge in [-0.2, -0.15) is 5.26 Å². The summed E-state index contributed by atoms with van der Waals surface area (Å²) in [5.74, 6) is 1.91. The van der Waals surface area contributed by atoms with E-state index in [1.54, 1.807) is 0 Å². The molecule has 4 nitrogen and oxygen atoms in total. The first-order chi connectivity index (χ1) is 27.7. The third-order valence-corrected chi connectivity index (χ3v) is 12.5. The van der Waals surface area contributed by atoms with E-state index in [9.17, 15) is 5.26 Å². The number of nitrogens with zero attached hydrogens (tertiary/aromatic N) is 4. The zero-order valence-corrected chi connectivity index (χ0v) is 30.8. The third-order valence-electron chi connectivity index (χ3n) is 11.3. The van der Waals surface area contributed by atoms with Gasteiger partial charge in [0.05, 0.1) is 17.0 Å².